The molecule has 0 aliphatic carbocycles. The molecule has 1 N–H and O–H groups in total. The van der Waals surface area contributed by atoms with Crippen LogP contribution >= 0.6 is 0 Å². The van der Waals surface area contributed by atoms with Crippen molar-refractivity contribution in [1.82, 2.24) is 24.9 Å². The lowest BCUT2D eigenvalue weighted by atomic mass is 10.2. The molecule has 11 heteroatoms. The van der Waals surface area contributed by atoms with Gasteiger partial charge in [0.25, 0.3) is 0 Å². The minimum absolute atomic E-state index is 0.155. The zero-order chi connectivity index (χ0) is 21.6. The van der Waals surface area contributed by atoms with Gasteiger partial charge in [0.2, 0.25) is 5.88 Å². The lowest BCUT2D eigenvalue weighted by molar-refractivity contribution is -0.154. The summed E-state index contributed by atoms with van der Waals surface area (Å²) in [7, 11) is 0. The maximum atomic E-state index is 12.5. The number of piperazine rings is 1. The summed E-state index contributed by atoms with van der Waals surface area (Å²) < 4.78 is 49.6. The van der Waals surface area contributed by atoms with E-state index in [4.69, 9.17) is 9.15 Å². The van der Waals surface area contributed by atoms with Crippen molar-refractivity contribution in [2.75, 3.05) is 31.1 Å². The van der Waals surface area contributed by atoms with Crippen LogP contribution in [0.2, 0.25) is 0 Å². The van der Waals surface area contributed by atoms with Crippen LogP contribution in [-0.4, -0.2) is 58.0 Å². The average Bonchev–Trinajstić information content (AvgIpc) is 3.35. The summed E-state index contributed by atoms with van der Waals surface area (Å²) in [6.45, 7) is 3.22. The molecule has 1 aliphatic heterocycles. The van der Waals surface area contributed by atoms with Crippen LogP contribution in [0.4, 0.5) is 19.0 Å². The molecular weight excluding hydrogens is 413 g/mol. The Hall–Kier alpha value is -3.34. The van der Waals surface area contributed by atoms with E-state index in [0.29, 0.717) is 28.7 Å². The van der Waals surface area contributed by atoms with Crippen molar-refractivity contribution in [2.24, 2.45) is 0 Å². The number of imidazole rings is 1. The van der Waals surface area contributed by atoms with Gasteiger partial charge in [-0.25, -0.2) is 14.5 Å². The number of furan rings is 1. The van der Waals surface area contributed by atoms with Gasteiger partial charge < -0.3 is 19.4 Å². The number of anilines is 1. The molecule has 5 rings (SSSR count). The van der Waals surface area contributed by atoms with E-state index in [-0.39, 0.29) is 5.88 Å². The quantitative estimate of drug-likeness (QED) is 0.530. The number of nitrogens with one attached hydrogen (secondary N) is 1. The fourth-order valence-electron chi connectivity index (χ4n) is 3.71. The van der Waals surface area contributed by atoms with E-state index in [1.165, 1.54) is 10.6 Å². The summed E-state index contributed by atoms with van der Waals surface area (Å²) in [5.74, 6) is 1.16. The van der Waals surface area contributed by atoms with Crippen LogP contribution in [0.15, 0.2) is 41.1 Å². The molecule has 4 aromatic rings. The molecule has 0 saturated carbocycles. The number of ether oxygens (including phenoxy) is 1. The summed E-state index contributed by atoms with van der Waals surface area (Å²) in [4.78, 5) is 11.0. The number of aromatic nitrogens is 4. The molecule has 1 fully saturated rings. The van der Waals surface area contributed by atoms with E-state index >= 15 is 0 Å². The molecule has 31 heavy (non-hydrogen) atoms. The van der Waals surface area contributed by atoms with Crippen molar-refractivity contribution in [3.8, 4) is 17.3 Å². The molecule has 0 amide bonds. The predicted molar refractivity (Wildman–Crippen MR) is 107 cm³/mol. The lowest BCUT2D eigenvalue weighted by Crippen LogP contribution is -2.49. The standard InChI is InChI=1S/C20H19F3N6O2/c1-12-10-28(7-6-24-12)19-13-8-16(31-15(13)4-5-25-19)14-9-26-17-2-3-18(27-29(14)17)30-11-20(21,22)23/h2-5,8-9,12,24H,6-7,10-11H2,1H3/t12-/m1/s1. The molecule has 4 aromatic heterocycles. The van der Waals surface area contributed by atoms with Crippen LogP contribution in [0.25, 0.3) is 28.1 Å². The Morgan fingerprint density at radius 2 is 2.13 bits per heavy atom. The monoisotopic (exact) mass is 432 g/mol. The Bertz CT molecular complexity index is 1230. The Morgan fingerprint density at radius 3 is 2.94 bits per heavy atom. The van der Waals surface area contributed by atoms with Gasteiger partial charge in [0, 0.05) is 37.9 Å². The zero-order valence-electron chi connectivity index (χ0n) is 16.6. The van der Waals surface area contributed by atoms with Crippen LogP contribution in [0.1, 0.15) is 6.92 Å². The first-order valence-electron chi connectivity index (χ1n) is 9.79. The van der Waals surface area contributed by atoms with Gasteiger partial charge in [-0.15, -0.1) is 5.10 Å². The van der Waals surface area contributed by atoms with Crippen LogP contribution in [0.5, 0.6) is 5.88 Å². The summed E-state index contributed by atoms with van der Waals surface area (Å²) in [6, 6.07) is 6.88. The van der Waals surface area contributed by atoms with Crippen molar-refractivity contribution >= 4 is 22.4 Å². The minimum atomic E-state index is -4.45. The molecule has 1 saturated heterocycles. The molecule has 5 heterocycles. The highest BCUT2D eigenvalue weighted by molar-refractivity contribution is 5.92. The molecule has 162 valence electrons. The largest absolute Gasteiger partial charge is 0.467 e. The van der Waals surface area contributed by atoms with Gasteiger partial charge in [0.05, 0.1) is 11.6 Å². The van der Waals surface area contributed by atoms with Crippen LogP contribution in [0, 0.1) is 0 Å². The number of rotatable bonds is 4. The zero-order valence-corrected chi connectivity index (χ0v) is 16.6. The normalized spacial score (nSPS) is 17.5. The highest BCUT2D eigenvalue weighted by Gasteiger charge is 2.29. The Kier molecular flexibility index (Phi) is 4.69. The summed E-state index contributed by atoms with van der Waals surface area (Å²) in [6.07, 6.45) is -1.18. The highest BCUT2D eigenvalue weighted by Crippen LogP contribution is 2.33. The van der Waals surface area contributed by atoms with E-state index in [2.05, 4.69) is 32.2 Å². The van der Waals surface area contributed by atoms with Gasteiger partial charge >= 0.3 is 6.18 Å². The molecule has 1 atom stereocenters. The SMILES string of the molecule is C[C@@H]1CN(c2nccc3oc(-c4cnc5ccc(OCC(F)(F)F)nn45)cc23)CCN1. The minimum Gasteiger partial charge on any atom is -0.467 e. The predicted octanol–water partition coefficient (Wildman–Crippen LogP) is 3.28. The van der Waals surface area contributed by atoms with Crippen molar-refractivity contribution in [1.29, 1.82) is 0 Å². The third-order valence-corrected chi connectivity index (χ3v) is 5.07. The maximum absolute atomic E-state index is 12.5. The average molecular weight is 432 g/mol. The topological polar surface area (TPSA) is 80.7 Å². The summed E-state index contributed by atoms with van der Waals surface area (Å²) >= 11 is 0. The van der Waals surface area contributed by atoms with E-state index in [1.54, 1.807) is 24.5 Å². The molecule has 8 nitrogen and oxygen atoms in total. The third-order valence-electron chi connectivity index (χ3n) is 5.07. The van der Waals surface area contributed by atoms with Crippen molar-refractivity contribution in [2.45, 2.75) is 19.1 Å². The second-order valence-corrected chi connectivity index (χ2v) is 7.45. The second kappa shape index (κ2) is 7.41. The third kappa shape index (κ3) is 3.88. The number of fused-ring (bicyclic) bond motifs is 2. The Labute approximate surface area is 174 Å². The van der Waals surface area contributed by atoms with E-state index in [0.717, 1.165) is 30.8 Å². The van der Waals surface area contributed by atoms with Crippen molar-refractivity contribution < 1.29 is 22.3 Å². The number of hydrogen-bond donors (Lipinski definition) is 1. The van der Waals surface area contributed by atoms with Gasteiger partial charge in [-0.2, -0.15) is 13.2 Å². The summed E-state index contributed by atoms with van der Waals surface area (Å²) in [5.41, 5.74) is 1.62. The van der Waals surface area contributed by atoms with Gasteiger partial charge in [-0.1, -0.05) is 0 Å². The first-order valence-corrected chi connectivity index (χ1v) is 9.79. The lowest BCUT2D eigenvalue weighted by Gasteiger charge is -2.32. The summed E-state index contributed by atoms with van der Waals surface area (Å²) in [5, 5.41) is 8.40. The van der Waals surface area contributed by atoms with Crippen LogP contribution in [0.3, 0.4) is 0 Å². The fraction of sp³-hybridized carbons (Fsp3) is 0.350. The van der Waals surface area contributed by atoms with Gasteiger partial charge in [-0.3, -0.25) is 0 Å². The Balaban J connectivity index is 1.52. The molecule has 0 unspecified atom stereocenters. The van der Waals surface area contributed by atoms with Gasteiger partial charge in [0.15, 0.2) is 18.0 Å². The highest BCUT2D eigenvalue weighted by atomic mass is 19.4. The van der Waals surface area contributed by atoms with E-state index in [9.17, 15) is 13.2 Å². The maximum Gasteiger partial charge on any atom is 0.422 e. The van der Waals surface area contributed by atoms with E-state index < -0.39 is 12.8 Å². The number of halogens is 3. The fourth-order valence-corrected chi connectivity index (χ4v) is 3.71. The number of alkyl halides is 3. The van der Waals surface area contributed by atoms with Crippen LogP contribution < -0.4 is 15.0 Å². The Morgan fingerprint density at radius 1 is 1.26 bits per heavy atom. The first-order chi connectivity index (χ1) is 14.9. The van der Waals surface area contributed by atoms with Crippen molar-refractivity contribution in [3.05, 3.63) is 36.7 Å². The molecule has 1 aliphatic rings. The van der Waals surface area contributed by atoms with E-state index in [1.807, 2.05) is 6.07 Å². The van der Waals surface area contributed by atoms with Crippen molar-refractivity contribution in [3.63, 3.8) is 0 Å². The number of hydrogen-bond acceptors (Lipinski definition) is 7. The molecule has 0 radical (unpaired) electrons. The smallest absolute Gasteiger partial charge is 0.422 e. The molecule has 0 spiro atoms. The molecular formula is C20H19F3N6O2. The van der Waals surface area contributed by atoms with Gasteiger partial charge in [-0.05, 0) is 25.1 Å². The molecule has 0 bridgehead atoms. The van der Waals surface area contributed by atoms with Crippen LogP contribution in [-0.2, 0) is 0 Å². The second-order valence-electron chi connectivity index (χ2n) is 7.45. The number of pyridine rings is 1. The molecule has 0 aromatic carbocycles. The number of nitrogens with zero attached hydrogens (tertiary/aromatic N) is 5. The first kappa shape index (κ1) is 19.6. The van der Waals surface area contributed by atoms with Gasteiger partial charge in [0.1, 0.15) is 17.1 Å².